The van der Waals surface area contributed by atoms with E-state index in [-0.39, 0.29) is 25.2 Å². The second-order valence-corrected chi connectivity index (χ2v) is 19.3. The Balaban J connectivity index is 3.45. The van der Waals surface area contributed by atoms with Gasteiger partial charge in [0.15, 0.2) is 6.10 Å². The zero-order valence-electron chi connectivity index (χ0n) is 44.0. The summed E-state index contributed by atoms with van der Waals surface area (Å²) in [5, 5.41) is 9.66. The molecule has 0 fully saturated rings. The van der Waals surface area contributed by atoms with Crippen molar-refractivity contribution in [3.63, 3.8) is 0 Å². The Morgan fingerprint density at radius 2 is 0.652 bits per heavy atom. The molecule has 0 aliphatic carbocycles. The van der Waals surface area contributed by atoms with Crippen LogP contribution in [-0.2, 0) is 19.1 Å². The number of unbranched alkanes of at least 4 members (excludes halogenated alkanes) is 35. The van der Waals surface area contributed by atoms with Crippen molar-refractivity contribution < 1.29 is 24.2 Å². The lowest BCUT2D eigenvalue weighted by Crippen LogP contribution is -2.28. The van der Waals surface area contributed by atoms with E-state index in [4.69, 9.17) is 9.47 Å². The fourth-order valence-electron chi connectivity index (χ4n) is 8.53. The molecule has 0 radical (unpaired) electrons. The topological polar surface area (TPSA) is 72.8 Å². The molecule has 0 amide bonds. The Bertz CT molecular complexity index is 1130. The molecule has 0 heterocycles. The molecule has 0 saturated carbocycles. The van der Waals surface area contributed by atoms with Gasteiger partial charge < -0.3 is 14.6 Å². The number of rotatable bonds is 53. The highest BCUT2D eigenvalue weighted by Gasteiger charge is 2.16. The molecule has 66 heavy (non-hydrogen) atoms. The molecule has 0 saturated heterocycles. The van der Waals surface area contributed by atoms with E-state index in [1.165, 1.54) is 199 Å². The van der Waals surface area contributed by atoms with Crippen molar-refractivity contribution in [2.75, 3.05) is 13.2 Å². The molecule has 0 aliphatic rings. The number of hydrogen-bond donors (Lipinski definition) is 1. The quantitative estimate of drug-likeness (QED) is 0.0374. The van der Waals surface area contributed by atoms with Gasteiger partial charge >= 0.3 is 11.9 Å². The summed E-state index contributed by atoms with van der Waals surface area (Å²) in [5.74, 6) is -0.576. The van der Waals surface area contributed by atoms with Crippen molar-refractivity contribution in [2.45, 2.75) is 302 Å². The molecular weight excluding hydrogens is 813 g/mol. The molecule has 1 N–H and O–H groups in total. The number of ether oxygens (including phenoxy) is 2. The van der Waals surface area contributed by atoms with Crippen LogP contribution in [-0.4, -0.2) is 36.4 Å². The smallest absolute Gasteiger partial charge is 0.306 e. The summed E-state index contributed by atoms with van der Waals surface area (Å²) in [6.07, 6.45) is 76.3. The Kier molecular flexibility index (Phi) is 54.9. The highest BCUT2D eigenvalue weighted by Crippen LogP contribution is 2.17. The van der Waals surface area contributed by atoms with E-state index < -0.39 is 6.10 Å². The van der Waals surface area contributed by atoms with Gasteiger partial charge in [0.05, 0.1) is 6.61 Å². The summed E-state index contributed by atoms with van der Waals surface area (Å²) in [6.45, 7) is 4.07. The lowest BCUT2D eigenvalue weighted by Gasteiger charge is -2.15. The van der Waals surface area contributed by atoms with Gasteiger partial charge in [0.2, 0.25) is 0 Å². The lowest BCUT2D eigenvalue weighted by atomic mass is 10.0. The first-order valence-electron chi connectivity index (χ1n) is 28.8. The van der Waals surface area contributed by atoms with Crippen LogP contribution in [0.3, 0.4) is 0 Å². The first-order chi connectivity index (χ1) is 32.6. The van der Waals surface area contributed by atoms with Gasteiger partial charge in [-0.2, -0.15) is 0 Å². The van der Waals surface area contributed by atoms with Crippen molar-refractivity contribution in [2.24, 2.45) is 0 Å². The van der Waals surface area contributed by atoms with Crippen LogP contribution in [0.2, 0.25) is 0 Å². The minimum atomic E-state index is -0.771. The lowest BCUT2D eigenvalue weighted by molar-refractivity contribution is -0.161. The minimum absolute atomic E-state index is 0.0622. The summed E-state index contributed by atoms with van der Waals surface area (Å²) < 4.78 is 10.7. The maximum atomic E-state index is 12.3. The molecule has 0 rings (SSSR count). The first-order valence-corrected chi connectivity index (χ1v) is 28.8. The molecule has 1 unspecified atom stereocenters. The predicted octanol–water partition coefficient (Wildman–Crippen LogP) is 19.4. The van der Waals surface area contributed by atoms with Gasteiger partial charge in [-0.05, 0) is 57.8 Å². The van der Waals surface area contributed by atoms with Gasteiger partial charge in [-0.15, -0.1) is 0 Å². The molecule has 0 bridgehead atoms. The summed E-state index contributed by atoms with van der Waals surface area (Å²) in [6, 6.07) is 0. The fraction of sp³-hybridized carbons (Fsp3) is 0.803. The Labute approximate surface area is 411 Å². The molecule has 0 aromatic rings. The van der Waals surface area contributed by atoms with Crippen LogP contribution in [0.1, 0.15) is 296 Å². The van der Waals surface area contributed by atoms with Gasteiger partial charge in [0.25, 0.3) is 0 Å². The van der Waals surface area contributed by atoms with Crippen molar-refractivity contribution >= 4 is 11.9 Å². The summed E-state index contributed by atoms with van der Waals surface area (Å²) in [5.41, 5.74) is 0. The number of hydrogen-bond acceptors (Lipinski definition) is 5. The highest BCUT2D eigenvalue weighted by molar-refractivity contribution is 5.70. The molecule has 1 atom stereocenters. The van der Waals surface area contributed by atoms with Gasteiger partial charge in [-0.3, -0.25) is 9.59 Å². The monoisotopic (exact) mass is 923 g/mol. The number of aliphatic hydroxyl groups is 1. The maximum absolute atomic E-state index is 12.3. The zero-order chi connectivity index (χ0) is 47.7. The van der Waals surface area contributed by atoms with Crippen LogP contribution in [0, 0.1) is 0 Å². The largest absolute Gasteiger partial charge is 0.462 e. The average molecular weight is 924 g/mol. The number of allylic oxidation sites excluding steroid dienone is 10. The normalized spacial score (nSPS) is 12.6. The molecule has 0 aliphatic heterocycles. The standard InChI is InChI=1S/C61H110O5/c1-3-5-7-9-11-13-15-17-19-21-23-25-26-27-28-29-30-31-32-33-34-36-38-40-42-44-46-48-50-52-54-56-61(64)66-59(57-62)58-65-60(63)55-53-51-49-47-45-43-41-39-37-35-24-22-20-18-16-14-12-10-8-6-4-2/h5,7,11,13,17,19,23,25,27-28,59,62H,3-4,6,8-10,12,14-16,18,20-22,24,26,29-58H2,1-2H3/b7-5-,13-11-,19-17-,25-23-,28-27-. The average Bonchev–Trinajstić information content (AvgIpc) is 3.32. The van der Waals surface area contributed by atoms with Crippen LogP contribution in [0.15, 0.2) is 60.8 Å². The highest BCUT2D eigenvalue weighted by atomic mass is 16.6. The van der Waals surface area contributed by atoms with Crippen LogP contribution >= 0.6 is 0 Å². The van der Waals surface area contributed by atoms with Crippen molar-refractivity contribution in [3.05, 3.63) is 60.8 Å². The molecule has 384 valence electrons. The Morgan fingerprint density at radius 3 is 0.985 bits per heavy atom. The van der Waals surface area contributed by atoms with Crippen molar-refractivity contribution in [1.29, 1.82) is 0 Å². The van der Waals surface area contributed by atoms with E-state index in [2.05, 4.69) is 74.6 Å². The third-order valence-corrected chi connectivity index (χ3v) is 12.8. The van der Waals surface area contributed by atoms with Crippen molar-refractivity contribution in [1.82, 2.24) is 0 Å². The molecule has 5 heteroatoms. The van der Waals surface area contributed by atoms with Gasteiger partial charge in [-0.1, -0.05) is 286 Å². The third kappa shape index (κ3) is 54.2. The van der Waals surface area contributed by atoms with Crippen LogP contribution in [0.25, 0.3) is 0 Å². The number of esters is 2. The second kappa shape index (κ2) is 56.9. The van der Waals surface area contributed by atoms with E-state index in [1.807, 2.05) is 0 Å². The molecular formula is C61H110O5. The third-order valence-electron chi connectivity index (χ3n) is 12.8. The van der Waals surface area contributed by atoms with E-state index in [1.54, 1.807) is 0 Å². The Hall–Kier alpha value is -2.40. The van der Waals surface area contributed by atoms with Gasteiger partial charge in [-0.25, -0.2) is 0 Å². The van der Waals surface area contributed by atoms with Crippen LogP contribution in [0.5, 0.6) is 0 Å². The number of carbonyl (C=O) groups excluding carboxylic acids is 2. The molecule has 0 spiro atoms. The van der Waals surface area contributed by atoms with E-state index in [0.717, 1.165) is 70.6 Å². The molecule has 0 aromatic carbocycles. The number of carbonyl (C=O) groups is 2. The SMILES string of the molecule is CC/C=C\C/C=C\C/C=C\C/C=C\C/C=C\CCCCCCCCCCCCCCCCCC(=O)OC(CO)COC(=O)CCCCCCCCCCCCCCCCCCCCCCC. The second-order valence-electron chi connectivity index (χ2n) is 19.3. The predicted molar refractivity (Wildman–Crippen MR) is 288 cm³/mol. The van der Waals surface area contributed by atoms with Gasteiger partial charge in [0.1, 0.15) is 6.61 Å². The minimum Gasteiger partial charge on any atom is -0.462 e. The summed E-state index contributed by atoms with van der Waals surface area (Å²) in [7, 11) is 0. The molecule has 0 aromatic heterocycles. The molecule has 5 nitrogen and oxygen atoms in total. The van der Waals surface area contributed by atoms with E-state index >= 15 is 0 Å². The van der Waals surface area contributed by atoms with Crippen molar-refractivity contribution in [3.8, 4) is 0 Å². The number of aliphatic hydroxyl groups excluding tert-OH is 1. The maximum Gasteiger partial charge on any atom is 0.306 e. The van der Waals surface area contributed by atoms with Crippen LogP contribution in [0.4, 0.5) is 0 Å². The summed E-state index contributed by atoms with van der Waals surface area (Å²) >= 11 is 0. The Morgan fingerprint density at radius 1 is 0.364 bits per heavy atom. The van der Waals surface area contributed by atoms with Crippen LogP contribution < -0.4 is 0 Å². The van der Waals surface area contributed by atoms with E-state index in [9.17, 15) is 14.7 Å². The fourth-order valence-corrected chi connectivity index (χ4v) is 8.53. The summed E-state index contributed by atoms with van der Waals surface area (Å²) in [4.78, 5) is 24.5. The van der Waals surface area contributed by atoms with Gasteiger partial charge in [0, 0.05) is 12.8 Å². The zero-order valence-corrected chi connectivity index (χ0v) is 44.0. The first kappa shape index (κ1) is 63.6. The van der Waals surface area contributed by atoms with E-state index in [0.29, 0.717) is 12.8 Å².